The number of anilines is 4. The number of carbonyl (C=O) groups is 6. The molecular formula is C105H86Cl2F2N16O10S4. The second kappa shape index (κ2) is 50.7. The minimum absolute atomic E-state index is 0.00957. The van der Waals surface area contributed by atoms with E-state index in [2.05, 4.69) is 69.8 Å². The average molecular weight is 1970 g/mol. The van der Waals surface area contributed by atoms with Crippen LogP contribution >= 0.6 is 68.5 Å². The van der Waals surface area contributed by atoms with Crippen molar-refractivity contribution in [2.75, 3.05) is 23.9 Å². The van der Waals surface area contributed by atoms with Crippen molar-refractivity contribution in [2.45, 2.75) is 73.1 Å². The van der Waals surface area contributed by atoms with Crippen molar-refractivity contribution in [3.63, 3.8) is 0 Å². The predicted octanol–water partition coefficient (Wildman–Crippen LogP) is 24.3. The molecule has 0 unspecified atom stereocenters. The Bertz CT molecular complexity index is 7160. The first-order valence-corrected chi connectivity index (χ1v) is 46.9. The monoisotopic (exact) mass is 1970 g/mol. The van der Waals surface area contributed by atoms with E-state index in [0.29, 0.717) is 107 Å². The largest absolute Gasteiger partial charge is 0.456 e. The minimum atomic E-state index is -0.444. The smallest absolute Gasteiger partial charge is 0.169 e. The number of benzene rings is 6. The molecule has 0 radical (unpaired) electrons. The molecule has 0 aliphatic rings. The molecule has 0 saturated heterocycles. The molecule has 0 N–H and O–H groups in total. The van der Waals surface area contributed by atoms with Crippen LogP contribution in [0.3, 0.4) is 0 Å². The molecule has 0 spiro atoms. The van der Waals surface area contributed by atoms with E-state index >= 15 is 0 Å². The second-order valence-corrected chi connectivity index (χ2v) is 35.2. The van der Waals surface area contributed by atoms with E-state index in [1.165, 1.54) is 107 Å². The van der Waals surface area contributed by atoms with Gasteiger partial charge >= 0.3 is 0 Å². The number of nitrogens with zero attached hydrogens (tertiary/aromatic N) is 16. The summed E-state index contributed by atoms with van der Waals surface area (Å²) in [6.07, 6.45) is 28.8. The number of rotatable bonds is 30. The summed E-state index contributed by atoms with van der Waals surface area (Å²) in [5.74, 6) is 3.10. The quantitative estimate of drug-likeness (QED) is 0.0377. The van der Waals surface area contributed by atoms with Crippen LogP contribution in [0.15, 0.2) is 321 Å². The number of thiazole rings is 4. The summed E-state index contributed by atoms with van der Waals surface area (Å²) < 4.78 is 50.6. The Hall–Kier alpha value is -15.8. The van der Waals surface area contributed by atoms with E-state index in [9.17, 15) is 37.5 Å². The van der Waals surface area contributed by atoms with Crippen LogP contribution in [0.4, 0.5) is 31.5 Å². The maximum Gasteiger partial charge on any atom is 0.169 e. The van der Waals surface area contributed by atoms with E-state index in [1.54, 1.807) is 182 Å². The topological polar surface area (TPSA) is 326 Å². The Morgan fingerprint density at radius 3 is 1.09 bits per heavy atom. The van der Waals surface area contributed by atoms with Gasteiger partial charge in [-0.2, -0.15) is 0 Å². The van der Waals surface area contributed by atoms with Gasteiger partial charge in [0.25, 0.3) is 0 Å². The van der Waals surface area contributed by atoms with Crippen LogP contribution in [0, 0.1) is 46.3 Å². The van der Waals surface area contributed by atoms with Gasteiger partial charge < -0.3 is 28.7 Å². The van der Waals surface area contributed by atoms with E-state index in [0.717, 1.165) is 71.0 Å². The first-order chi connectivity index (χ1) is 67.3. The van der Waals surface area contributed by atoms with E-state index in [-0.39, 0.29) is 66.8 Å². The Morgan fingerprint density at radius 1 is 0.302 bits per heavy atom. The van der Waals surface area contributed by atoms with Gasteiger partial charge in [-0.25, -0.2) is 48.7 Å². The summed E-state index contributed by atoms with van der Waals surface area (Å²) in [5.41, 5.74) is 12.1. The number of Topliss-reactive ketones (excluding diaryl/α,β-unsaturated/α-hetero) is 6. The van der Waals surface area contributed by atoms with Gasteiger partial charge in [0.1, 0.15) is 78.8 Å². The van der Waals surface area contributed by atoms with Gasteiger partial charge in [-0.3, -0.25) is 58.7 Å². The number of carbonyl (C=O) groups excluding carboxylic acids is 6. The molecule has 698 valence electrons. The molecule has 18 rings (SSSR count). The van der Waals surface area contributed by atoms with Crippen molar-refractivity contribution in [1.82, 2.24) is 69.8 Å². The van der Waals surface area contributed by atoms with Crippen molar-refractivity contribution in [1.29, 1.82) is 0 Å². The van der Waals surface area contributed by atoms with Gasteiger partial charge in [0.05, 0.1) is 99.5 Å². The highest BCUT2D eigenvalue weighted by Gasteiger charge is 2.21. The van der Waals surface area contributed by atoms with E-state index < -0.39 is 11.6 Å². The maximum absolute atomic E-state index is 14.0. The molecule has 18 aromatic rings. The number of aryl methyl sites for hydroxylation is 5. The first-order valence-electron chi connectivity index (χ1n) is 42.6. The molecule has 12 aromatic heterocycles. The lowest BCUT2D eigenvalue weighted by Gasteiger charge is -2.19. The highest BCUT2D eigenvalue weighted by molar-refractivity contribution is 7.10. The third kappa shape index (κ3) is 31.9. The number of aromatic nitrogens is 14. The third-order valence-electron chi connectivity index (χ3n) is 19.8. The van der Waals surface area contributed by atoms with E-state index in [1.807, 2.05) is 136 Å². The number of halogens is 4. The number of ketones is 6. The van der Waals surface area contributed by atoms with Crippen LogP contribution in [0.2, 0.25) is 10.0 Å². The lowest BCUT2D eigenvalue weighted by molar-refractivity contribution is 0.0983. The fourth-order valence-electron chi connectivity index (χ4n) is 12.9. The fourth-order valence-corrected chi connectivity index (χ4v) is 16.3. The summed E-state index contributed by atoms with van der Waals surface area (Å²) in [4.78, 5) is 135. The van der Waals surface area contributed by atoms with Gasteiger partial charge in [-0.1, -0.05) is 53.5 Å². The van der Waals surface area contributed by atoms with Crippen molar-refractivity contribution in [3.8, 4) is 46.0 Å². The molecule has 0 saturated carbocycles. The number of ether oxygens (including phenoxy) is 4. The fraction of sp³-hybridized carbons (Fsp3) is 0.124. The van der Waals surface area contributed by atoms with Crippen LogP contribution in [0.1, 0.15) is 122 Å². The Morgan fingerprint density at radius 2 is 0.691 bits per heavy atom. The number of pyridine rings is 6. The minimum Gasteiger partial charge on any atom is -0.456 e. The number of hydrogen-bond acceptors (Lipinski definition) is 30. The van der Waals surface area contributed by atoms with Crippen LogP contribution in [0.5, 0.6) is 46.0 Å². The van der Waals surface area contributed by atoms with Gasteiger partial charge in [-0.15, -0.1) is 45.3 Å². The molecule has 139 heavy (non-hydrogen) atoms. The van der Waals surface area contributed by atoms with E-state index in [4.69, 9.17) is 42.1 Å². The highest BCUT2D eigenvalue weighted by atomic mass is 35.5. The molecule has 0 atom stereocenters. The molecule has 34 heteroatoms. The zero-order chi connectivity index (χ0) is 97.9. The molecule has 6 aromatic carbocycles. The van der Waals surface area contributed by atoms with Crippen molar-refractivity contribution >= 4 is 126 Å². The Labute approximate surface area is 825 Å². The third-order valence-corrected chi connectivity index (χ3v) is 23.9. The summed E-state index contributed by atoms with van der Waals surface area (Å²) in [6, 6.07) is 54.9. The average Bonchev–Trinajstić information content (AvgIpc) is 1.63. The molecule has 0 aliphatic heterocycles. The van der Waals surface area contributed by atoms with Crippen molar-refractivity contribution < 1.29 is 56.5 Å². The summed E-state index contributed by atoms with van der Waals surface area (Å²) in [7, 11) is 3.62. The highest BCUT2D eigenvalue weighted by Crippen LogP contribution is 2.33. The molecule has 12 heterocycles. The number of hydrogen-bond donors (Lipinski definition) is 0. The Balaban J connectivity index is 0.000000141. The van der Waals surface area contributed by atoms with Crippen LogP contribution < -0.4 is 28.7 Å². The zero-order valence-corrected chi connectivity index (χ0v) is 80.5. The van der Waals surface area contributed by atoms with Gasteiger partial charge in [0.15, 0.2) is 46.2 Å². The molecule has 0 amide bonds. The van der Waals surface area contributed by atoms with Crippen LogP contribution in [0.25, 0.3) is 0 Å². The summed E-state index contributed by atoms with van der Waals surface area (Å²) in [6.45, 7) is 9.69. The molecule has 0 bridgehead atoms. The molecular weight excluding hydrogens is 1880 g/mol. The SMILES string of the molecule is CN(c1cccnc1)c1cc(F)cc(C(=O)Cc2nccs2)c1.Cc1cnc(CC(=O)c2cc(Cl)cc(Oc3cncnc3)c2)cc1C.Cc1csc(CC(=O)c2cc(Cl)cc(Oc3cncnc3)c2)n1.Cc1csc(CC(=O)c2cc(F)cc(N(C)c3cccnc3)c2)n1.Cc1csc(CC(=O)c2cccc(Oc3cccnc3)c2)n1.O=C(Cc1ccccn1)c1cccc(Oc2cccnc2)c1. The van der Waals surface area contributed by atoms with Gasteiger partial charge in [0.2, 0.25) is 0 Å². The van der Waals surface area contributed by atoms with Crippen LogP contribution in [-0.4, -0.2) is 119 Å². The predicted molar refractivity (Wildman–Crippen MR) is 535 cm³/mol. The van der Waals surface area contributed by atoms with Gasteiger partial charge in [-0.05, 0) is 210 Å². The standard InChI is InChI=1S/C19H16ClN3O2.C18H16FN3OS.C18H14N2O2.C17H14FN3OS.C17H14N2O2S.C16H12ClN3O2S/c1-12-3-16(23-8-13(12)2)7-19(24)14-4-15(20)6-17(5-14)25-18-9-21-11-22-10-18;1-12-11-24-18(21-12)9-17(23)13-6-14(19)8-16(7-13)22(2)15-4-3-5-20-10-15;21-18(12-15-6-1-2-10-20-15)14-5-3-7-16(11-14)22-17-8-4-9-19-13-17;1-21(14-3-2-4-19-11-14)15-8-12(7-13(18)9-15)16(22)10-17-20-5-6-23-17;1-12-11-22-17(19-12)9-16(20)13-4-2-5-14(8-13)21-15-6-3-7-18-10-15;1-10-8-23-16(20-10)5-15(21)11-2-12(17)4-13(3-11)22-14-6-18-9-19-7-14/h3-6,8-11H,7H2,1-2H3;3-8,10-11H,9H2,1-2H3;1-11,13H,12H2;2-9,11H,10H2,1H3;2-8,10-11H,9H2,1H3;2-4,6-9H,5H2,1H3. The molecule has 26 nitrogen and oxygen atoms in total. The maximum atomic E-state index is 14.0. The second-order valence-electron chi connectivity index (χ2n) is 30.5. The van der Waals surface area contributed by atoms with Crippen molar-refractivity contribution in [3.05, 3.63) is 436 Å². The van der Waals surface area contributed by atoms with Gasteiger partial charge in [0, 0.05) is 162 Å². The van der Waals surface area contributed by atoms with Crippen molar-refractivity contribution in [2.24, 2.45) is 0 Å². The first kappa shape index (κ1) is 101. The molecule has 0 aliphatic carbocycles. The summed E-state index contributed by atoms with van der Waals surface area (Å²) in [5, 5.41) is 11.5. The lowest BCUT2D eigenvalue weighted by atomic mass is 10.0. The Kier molecular flexibility index (Phi) is 36.7. The normalized spacial score (nSPS) is 10.5. The summed E-state index contributed by atoms with van der Waals surface area (Å²) >= 11 is 18.1. The lowest BCUT2D eigenvalue weighted by Crippen LogP contribution is -2.12. The molecule has 0 fully saturated rings. The van der Waals surface area contributed by atoms with Crippen LogP contribution in [-0.2, 0) is 38.5 Å². The zero-order valence-electron chi connectivity index (χ0n) is 75.7.